The Labute approximate surface area is 217 Å². The van der Waals surface area contributed by atoms with Crippen molar-refractivity contribution < 1.29 is 19.1 Å². The van der Waals surface area contributed by atoms with Gasteiger partial charge in [0.1, 0.15) is 6.54 Å². The Kier molecular flexibility index (Phi) is 10.1. The van der Waals surface area contributed by atoms with Crippen molar-refractivity contribution in [2.75, 3.05) is 27.3 Å². The van der Waals surface area contributed by atoms with Gasteiger partial charge in [-0.05, 0) is 61.1 Å². The average Bonchev–Trinajstić information content (AvgIpc) is 3.41. The van der Waals surface area contributed by atoms with Crippen LogP contribution in [0.15, 0.2) is 72.1 Å². The largest absolute Gasteiger partial charge is 0.493 e. The molecule has 0 fully saturated rings. The van der Waals surface area contributed by atoms with E-state index in [2.05, 4.69) is 0 Å². The standard InChI is InChI=1S/C29H34N2O4S/c1-22(2)31(28(32)15-13-23-9-6-5-7-10-23)21-29(33)30(20-25-11-8-18-36-25)17-16-24-12-14-26(34-3)27(19-24)35-4/h5-15,18-19,22H,16-17,20-21H2,1-4H3. The number of methoxy groups -OCH3 is 2. The molecule has 0 aliphatic heterocycles. The van der Waals surface area contributed by atoms with Crippen molar-refractivity contribution in [3.63, 3.8) is 0 Å². The van der Waals surface area contributed by atoms with E-state index in [-0.39, 0.29) is 24.4 Å². The summed E-state index contributed by atoms with van der Waals surface area (Å²) in [6, 6.07) is 19.3. The highest BCUT2D eigenvalue weighted by atomic mass is 32.1. The minimum Gasteiger partial charge on any atom is -0.493 e. The van der Waals surface area contributed by atoms with Gasteiger partial charge in [0.2, 0.25) is 11.8 Å². The van der Waals surface area contributed by atoms with Crippen molar-refractivity contribution in [3.05, 3.63) is 88.1 Å². The van der Waals surface area contributed by atoms with Crippen molar-refractivity contribution in [1.29, 1.82) is 0 Å². The molecule has 1 heterocycles. The van der Waals surface area contributed by atoms with Crippen LogP contribution in [0, 0.1) is 0 Å². The fourth-order valence-corrected chi connectivity index (χ4v) is 4.49. The van der Waals surface area contributed by atoms with Crippen LogP contribution in [0.5, 0.6) is 11.5 Å². The molecular formula is C29H34N2O4S. The molecule has 0 saturated carbocycles. The van der Waals surface area contributed by atoms with Gasteiger partial charge >= 0.3 is 0 Å². The third-order valence-electron chi connectivity index (χ3n) is 5.83. The zero-order valence-corrected chi connectivity index (χ0v) is 22.2. The lowest BCUT2D eigenvalue weighted by molar-refractivity contribution is -0.139. The molecule has 0 radical (unpaired) electrons. The van der Waals surface area contributed by atoms with Crippen LogP contribution in [0.1, 0.15) is 29.9 Å². The Bertz CT molecular complexity index is 1140. The second kappa shape index (κ2) is 13.5. The number of hydrogen-bond acceptors (Lipinski definition) is 5. The van der Waals surface area contributed by atoms with Crippen LogP contribution in [-0.2, 0) is 22.6 Å². The molecule has 36 heavy (non-hydrogen) atoms. The van der Waals surface area contributed by atoms with Crippen LogP contribution in [0.25, 0.3) is 6.08 Å². The number of ether oxygens (including phenoxy) is 2. The molecular weight excluding hydrogens is 472 g/mol. The maximum atomic E-state index is 13.5. The number of nitrogens with zero attached hydrogens (tertiary/aromatic N) is 2. The third-order valence-corrected chi connectivity index (χ3v) is 6.69. The van der Waals surface area contributed by atoms with Crippen LogP contribution in [-0.4, -0.2) is 55.0 Å². The quantitative estimate of drug-likeness (QED) is 0.313. The Morgan fingerprint density at radius 1 is 0.972 bits per heavy atom. The fourth-order valence-electron chi connectivity index (χ4n) is 3.77. The Morgan fingerprint density at radius 2 is 1.72 bits per heavy atom. The molecule has 0 spiro atoms. The summed E-state index contributed by atoms with van der Waals surface area (Å²) < 4.78 is 10.8. The second-order valence-electron chi connectivity index (χ2n) is 8.64. The molecule has 190 valence electrons. The van der Waals surface area contributed by atoms with Gasteiger partial charge in [0.15, 0.2) is 11.5 Å². The van der Waals surface area contributed by atoms with E-state index in [1.165, 1.54) is 6.08 Å². The predicted octanol–water partition coefficient (Wildman–Crippen LogP) is 5.29. The molecule has 7 heteroatoms. The minimum absolute atomic E-state index is 0.0208. The number of carbonyl (C=O) groups is 2. The third kappa shape index (κ3) is 7.71. The molecule has 2 aromatic carbocycles. The highest BCUT2D eigenvalue weighted by Crippen LogP contribution is 2.28. The van der Waals surface area contributed by atoms with Gasteiger partial charge < -0.3 is 19.3 Å². The van der Waals surface area contributed by atoms with Crippen molar-refractivity contribution in [1.82, 2.24) is 9.80 Å². The molecule has 0 atom stereocenters. The van der Waals surface area contributed by atoms with Gasteiger partial charge in [-0.15, -0.1) is 11.3 Å². The van der Waals surface area contributed by atoms with Gasteiger partial charge in [0.25, 0.3) is 0 Å². The Morgan fingerprint density at radius 3 is 2.36 bits per heavy atom. The molecule has 0 unspecified atom stereocenters. The minimum atomic E-state index is -0.182. The molecule has 0 saturated heterocycles. The topological polar surface area (TPSA) is 59.1 Å². The maximum absolute atomic E-state index is 13.5. The summed E-state index contributed by atoms with van der Waals surface area (Å²) in [6.07, 6.45) is 3.97. The second-order valence-corrected chi connectivity index (χ2v) is 9.67. The summed E-state index contributed by atoms with van der Waals surface area (Å²) in [5.41, 5.74) is 1.98. The van der Waals surface area contributed by atoms with Crippen LogP contribution < -0.4 is 9.47 Å². The first kappa shape index (κ1) is 27.0. The summed E-state index contributed by atoms with van der Waals surface area (Å²) >= 11 is 1.62. The highest BCUT2D eigenvalue weighted by molar-refractivity contribution is 7.09. The van der Waals surface area contributed by atoms with E-state index in [1.54, 1.807) is 36.5 Å². The molecule has 0 bridgehead atoms. The summed E-state index contributed by atoms with van der Waals surface area (Å²) in [5, 5.41) is 2.00. The Balaban J connectivity index is 1.72. The van der Waals surface area contributed by atoms with Gasteiger partial charge in [-0.25, -0.2) is 0 Å². The lowest BCUT2D eigenvalue weighted by atomic mass is 10.1. The van der Waals surface area contributed by atoms with Crippen LogP contribution in [0.4, 0.5) is 0 Å². The van der Waals surface area contributed by atoms with Crippen molar-refractivity contribution in [3.8, 4) is 11.5 Å². The molecule has 2 amide bonds. The van der Waals surface area contributed by atoms with Gasteiger partial charge in [0.05, 0.1) is 20.8 Å². The maximum Gasteiger partial charge on any atom is 0.247 e. The van der Waals surface area contributed by atoms with E-state index in [4.69, 9.17) is 9.47 Å². The van der Waals surface area contributed by atoms with Crippen molar-refractivity contribution in [2.45, 2.75) is 32.9 Å². The van der Waals surface area contributed by atoms with Crippen LogP contribution >= 0.6 is 11.3 Å². The molecule has 0 aliphatic carbocycles. The first-order valence-corrected chi connectivity index (χ1v) is 12.8. The van der Waals surface area contributed by atoms with Crippen LogP contribution in [0.2, 0.25) is 0 Å². The van der Waals surface area contributed by atoms with Gasteiger partial charge in [-0.3, -0.25) is 9.59 Å². The van der Waals surface area contributed by atoms with E-state index < -0.39 is 0 Å². The lowest BCUT2D eigenvalue weighted by Gasteiger charge is -2.29. The monoisotopic (exact) mass is 506 g/mol. The molecule has 0 N–H and O–H groups in total. The highest BCUT2D eigenvalue weighted by Gasteiger charge is 2.23. The molecule has 6 nitrogen and oxygen atoms in total. The zero-order valence-electron chi connectivity index (χ0n) is 21.3. The molecule has 1 aromatic heterocycles. The first-order valence-electron chi connectivity index (χ1n) is 12.0. The normalized spacial score (nSPS) is 11.0. The van der Waals surface area contributed by atoms with Crippen molar-refractivity contribution in [2.24, 2.45) is 0 Å². The smallest absolute Gasteiger partial charge is 0.247 e. The van der Waals surface area contributed by atoms with Gasteiger partial charge in [-0.1, -0.05) is 42.5 Å². The molecule has 3 rings (SSSR count). The SMILES string of the molecule is COc1ccc(CCN(Cc2cccs2)C(=O)CN(C(=O)C=Cc2ccccc2)C(C)C)cc1OC. The number of thiophene rings is 1. The number of benzene rings is 2. The summed E-state index contributed by atoms with van der Waals surface area (Å²) in [5.74, 6) is 1.06. The van der Waals surface area contributed by atoms with Crippen LogP contribution in [0.3, 0.4) is 0 Å². The Hall–Kier alpha value is -3.58. The van der Waals surface area contributed by atoms with E-state index in [1.807, 2.05) is 84.8 Å². The van der Waals surface area contributed by atoms with E-state index >= 15 is 0 Å². The molecule has 0 aliphatic rings. The number of rotatable bonds is 12. The van der Waals surface area contributed by atoms with E-state index in [0.29, 0.717) is 31.0 Å². The predicted molar refractivity (Wildman–Crippen MR) is 145 cm³/mol. The molecule has 3 aromatic rings. The number of carbonyl (C=O) groups excluding carboxylic acids is 2. The zero-order chi connectivity index (χ0) is 25.9. The summed E-state index contributed by atoms with van der Waals surface area (Å²) in [6.45, 7) is 4.90. The van der Waals surface area contributed by atoms with Crippen molar-refractivity contribution >= 4 is 29.2 Å². The van der Waals surface area contributed by atoms with Gasteiger partial charge in [0, 0.05) is 23.5 Å². The number of amides is 2. The summed E-state index contributed by atoms with van der Waals surface area (Å²) in [7, 11) is 3.22. The van der Waals surface area contributed by atoms with Gasteiger partial charge in [-0.2, -0.15) is 0 Å². The number of hydrogen-bond donors (Lipinski definition) is 0. The fraction of sp³-hybridized carbons (Fsp3) is 0.310. The van der Waals surface area contributed by atoms with E-state index in [0.717, 1.165) is 16.0 Å². The average molecular weight is 507 g/mol. The first-order chi connectivity index (χ1) is 17.4. The lowest BCUT2D eigenvalue weighted by Crippen LogP contribution is -2.45. The summed E-state index contributed by atoms with van der Waals surface area (Å²) in [4.78, 5) is 31.0. The van der Waals surface area contributed by atoms with E-state index in [9.17, 15) is 9.59 Å².